The van der Waals surface area contributed by atoms with E-state index in [0.717, 1.165) is 0 Å². The van der Waals surface area contributed by atoms with E-state index < -0.39 is 18.5 Å². The van der Waals surface area contributed by atoms with Crippen LogP contribution in [0.1, 0.15) is 26.4 Å². The molecule has 0 atom stereocenters. The van der Waals surface area contributed by atoms with Gasteiger partial charge in [0.15, 0.2) is 18.1 Å². The van der Waals surface area contributed by atoms with Gasteiger partial charge in [0.1, 0.15) is 0 Å². The predicted octanol–water partition coefficient (Wildman–Crippen LogP) is 2.50. The molecule has 7 heteroatoms. The van der Waals surface area contributed by atoms with Crippen molar-refractivity contribution in [2.75, 3.05) is 11.9 Å². The van der Waals surface area contributed by atoms with Gasteiger partial charge in [-0.3, -0.25) is 14.6 Å². The zero-order valence-corrected chi connectivity index (χ0v) is 14.2. The molecule has 7 nitrogen and oxygen atoms in total. The highest BCUT2D eigenvalue weighted by atomic mass is 16.5. The third kappa shape index (κ3) is 4.60. The van der Waals surface area contributed by atoms with Crippen molar-refractivity contribution in [2.24, 2.45) is 0 Å². The SMILES string of the molecule is O=C(COC(=O)c1cnccn1)Nc1ccccc1C(=O)c1ccccc1. The molecular weight excluding hydrogens is 346 g/mol. The van der Waals surface area contributed by atoms with Crippen molar-refractivity contribution in [3.05, 3.63) is 90.0 Å². The summed E-state index contributed by atoms with van der Waals surface area (Å²) in [7, 11) is 0. The number of nitrogens with zero attached hydrogens (tertiary/aromatic N) is 2. The van der Waals surface area contributed by atoms with Crippen LogP contribution in [0.25, 0.3) is 0 Å². The predicted molar refractivity (Wildman–Crippen MR) is 97.3 cm³/mol. The molecule has 0 unspecified atom stereocenters. The summed E-state index contributed by atoms with van der Waals surface area (Å²) in [6, 6.07) is 15.4. The van der Waals surface area contributed by atoms with Gasteiger partial charge in [-0.25, -0.2) is 9.78 Å². The quantitative estimate of drug-likeness (QED) is 0.535. The molecule has 0 bridgehead atoms. The number of para-hydroxylation sites is 1. The van der Waals surface area contributed by atoms with Gasteiger partial charge in [0.2, 0.25) is 0 Å². The van der Waals surface area contributed by atoms with Crippen LogP contribution in [0.15, 0.2) is 73.2 Å². The molecule has 1 N–H and O–H groups in total. The van der Waals surface area contributed by atoms with E-state index in [1.165, 1.54) is 18.6 Å². The van der Waals surface area contributed by atoms with Gasteiger partial charge < -0.3 is 10.1 Å². The molecule has 0 aliphatic carbocycles. The van der Waals surface area contributed by atoms with E-state index in [0.29, 0.717) is 16.8 Å². The van der Waals surface area contributed by atoms with Crippen LogP contribution in [0.4, 0.5) is 5.69 Å². The van der Waals surface area contributed by atoms with Gasteiger partial charge in [0, 0.05) is 23.5 Å². The van der Waals surface area contributed by atoms with Gasteiger partial charge in [-0.1, -0.05) is 42.5 Å². The van der Waals surface area contributed by atoms with Crippen molar-refractivity contribution in [3.8, 4) is 0 Å². The lowest BCUT2D eigenvalue weighted by atomic mass is 10.0. The first-order valence-corrected chi connectivity index (χ1v) is 8.07. The highest BCUT2D eigenvalue weighted by Crippen LogP contribution is 2.19. The van der Waals surface area contributed by atoms with Crippen molar-refractivity contribution >= 4 is 23.3 Å². The molecule has 1 heterocycles. The van der Waals surface area contributed by atoms with Gasteiger partial charge in [0.25, 0.3) is 5.91 Å². The molecule has 0 spiro atoms. The lowest BCUT2D eigenvalue weighted by Gasteiger charge is -2.10. The summed E-state index contributed by atoms with van der Waals surface area (Å²) in [5, 5.41) is 2.59. The molecule has 3 rings (SSSR count). The first kappa shape index (κ1) is 17.9. The third-order valence-electron chi connectivity index (χ3n) is 3.59. The summed E-state index contributed by atoms with van der Waals surface area (Å²) in [5.74, 6) is -1.55. The number of amides is 1. The largest absolute Gasteiger partial charge is 0.451 e. The van der Waals surface area contributed by atoms with Gasteiger partial charge in [-0.2, -0.15) is 0 Å². The summed E-state index contributed by atoms with van der Waals surface area (Å²) in [4.78, 5) is 44.1. The average Bonchev–Trinajstić information content (AvgIpc) is 2.73. The van der Waals surface area contributed by atoms with Crippen LogP contribution < -0.4 is 5.32 Å². The number of carbonyl (C=O) groups excluding carboxylic acids is 3. The van der Waals surface area contributed by atoms with Crippen molar-refractivity contribution in [3.63, 3.8) is 0 Å². The maximum Gasteiger partial charge on any atom is 0.359 e. The molecule has 134 valence electrons. The summed E-state index contributed by atoms with van der Waals surface area (Å²) in [6.07, 6.45) is 4.01. The van der Waals surface area contributed by atoms with E-state index in [2.05, 4.69) is 15.3 Å². The van der Waals surface area contributed by atoms with Crippen LogP contribution in [0, 0.1) is 0 Å². The molecule has 27 heavy (non-hydrogen) atoms. The van der Waals surface area contributed by atoms with E-state index in [-0.39, 0.29) is 11.5 Å². The standard InChI is InChI=1S/C20H15N3O4/c24-18(13-27-20(26)17-12-21-10-11-22-17)23-16-9-5-4-8-15(16)19(25)14-6-2-1-3-7-14/h1-12H,13H2,(H,23,24). The average molecular weight is 361 g/mol. The van der Waals surface area contributed by atoms with E-state index in [9.17, 15) is 14.4 Å². The molecule has 3 aromatic rings. The Kier molecular flexibility index (Phi) is 5.64. The summed E-state index contributed by atoms with van der Waals surface area (Å²) in [5.41, 5.74) is 1.20. The Labute approximate surface area is 155 Å². The molecule has 2 aromatic carbocycles. The number of aromatic nitrogens is 2. The Morgan fingerprint density at radius 2 is 1.67 bits per heavy atom. The second-order valence-corrected chi connectivity index (χ2v) is 5.46. The van der Waals surface area contributed by atoms with Crippen molar-refractivity contribution in [2.45, 2.75) is 0 Å². The highest BCUT2D eigenvalue weighted by molar-refractivity contribution is 6.13. The zero-order chi connectivity index (χ0) is 19.1. The Morgan fingerprint density at radius 3 is 2.41 bits per heavy atom. The van der Waals surface area contributed by atoms with Gasteiger partial charge in [-0.15, -0.1) is 0 Å². The molecule has 0 aliphatic rings. The monoisotopic (exact) mass is 361 g/mol. The fourth-order valence-corrected chi connectivity index (χ4v) is 2.33. The molecule has 0 saturated heterocycles. The minimum absolute atomic E-state index is 0.00459. The Morgan fingerprint density at radius 1 is 0.926 bits per heavy atom. The molecular formula is C20H15N3O4. The summed E-state index contributed by atoms with van der Waals surface area (Å²) >= 11 is 0. The van der Waals surface area contributed by atoms with Crippen LogP contribution in [-0.2, 0) is 9.53 Å². The van der Waals surface area contributed by atoms with E-state index in [4.69, 9.17) is 4.74 Å². The number of nitrogens with one attached hydrogen (secondary N) is 1. The summed E-state index contributed by atoms with van der Waals surface area (Å²) < 4.78 is 4.91. The van der Waals surface area contributed by atoms with Crippen molar-refractivity contribution < 1.29 is 19.1 Å². The fourth-order valence-electron chi connectivity index (χ4n) is 2.33. The maximum atomic E-state index is 12.6. The minimum atomic E-state index is -0.758. The molecule has 0 aliphatic heterocycles. The second kappa shape index (κ2) is 8.48. The van der Waals surface area contributed by atoms with Gasteiger partial charge in [-0.05, 0) is 12.1 Å². The summed E-state index contributed by atoms with van der Waals surface area (Å²) in [6.45, 7) is -0.511. The number of carbonyl (C=O) groups is 3. The lowest BCUT2D eigenvalue weighted by Crippen LogP contribution is -2.22. The first-order chi connectivity index (χ1) is 13.1. The van der Waals surface area contributed by atoms with E-state index in [1.807, 2.05) is 6.07 Å². The number of rotatable bonds is 6. The Hall–Kier alpha value is -3.87. The van der Waals surface area contributed by atoms with Gasteiger partial charge >= 0.3 is 5.97 Å². The number of esters is 1. The van der Waals surface area contributed by atoms with Crippen LogP contribution in [0.2, 0.25) is 0 Å². The topological polar surface area (TPSA) is 98.2 Å². The molecule has 1 aromatic heterocycles. The second-order valence-electron chi connectivity index (χ2n) is 5.46. The molecule has 0 radical (unpaired) electrons. The molecule has 0 saturated carbocycles. The van der Waals surface area contributed by atoms with E-state index in [1.54, 1.807) is 48.5 Å². The molecule has 0 fully saturated rings. The number of ether oxygens (including phenoxy) is 1. The fraction of sp³-hybridized carbons (Fsp3) is 0.0500. The normalized spacial score (nSPS) is 10.1. The van der Waals surface area contributed by atoms with Crippen molar-refractivity contribution in [1.82, 2.24) is 9.97 Å². The lowest BCUT2D eigenvalue weighted by molar-refractivity contribution is -0.119. The Balaban J connectivity index is 1.66. The first-order valence-electron chi connectivity index (χ1n) is 8.07. The maximum absolute atomic E-state index is 12.6. The van der Waals surface area contributed by atoms with Crippen LogP contribution in [0.3, 0.4) is 0 Å². The third-order valence-corrected chi connectivity index (χ3v) is 3.59. The number of anilines is 1. The Bertz CT molecular complexity index is 959. The smallest absolute Gasteiger partial charge is 0.359 e. The van der Waals surface area contributed by atoms with Crippen LogP contribution >= 0.6 is 0 Å². The van der Waals surface area contributed by atoms with Crippen LogP contribution in [0.5, 0.6) is 0 Å². The number of hydrogen-bond donors (Lipinski definition) is 1. The van der Waals surface area contributed by atoms with Crippen molar-refractivity contribution in [1.29, 1.82) is 0 Å². The van der Waals surface area contributed by atoms with E-state index >= 15 is 0 Å². The van der Waals surface area contributed by atoms with Gasteiger partial charge in [0.05, 0.1) is 11.9 Å². The number of hydrogen-bond acceptors (Lipinski definition) is 6. The highest BCUT2D eigenvalue weighted by Gasteiger charge is 2.16. The zero-order valence-electron chi connectivity index (χ0n) is 14.2. The number of ketones is 1. The number of benzene rings is 2. The molecule has 1 amide bonds. The minimum Gasteiger partial charge on any atom is -0.451 e. The van der Waals surface area contributed by atoms with Crippen LogP contribution in [-0.4, -0.2) is 34.2 Å².